The summed E-state index contributed by atoms with van der Waals surface area (Å²) in [6.45, 7) is 3.23. The predicted octanol–water partition coefficient (Wildman–Crippen LogP) is 3.69. The molecular formula is C15H14Cl2N2O4S. The van der Waals surface area contributed by atoms with E-state index in [9.17, 15) is 13.2 Å². The first-order chi connectivity index (χ1) is 11.0. The molecule has 9 heteroatoms. The van der Waals surface area contributed by atoms with Gasteiger partial charge >= 0.3 is 5.97 Å². The summed E-state index contributed by atoms with van der Waals surface area (Å²) in [5.41, 5.74) is 6.75. The van der Waals surface area contributed by atoms with Crippen LogP contribution in [-0.2, 0) is 10.0 Å². The van der Waals surface area contributed by atoms with Gasteiger partial charge in [0.15, 0.2) is 0 Å². The zero-order chi connectivity index (χ0) is 18.2. The van der Waals surface area contributed by atoms with Crippen molar-refractivity contribution >= 4 is 50.6 Å². The van der Waals surface area contributed by atoms with Crippen molar-refractivity contribution < 1.29 is 18.3 Å². The maximum absolute atomic E-state index is 12.6. The van der Waals surface area contributed by atoms with E-state index in [2.05, 4.69) is 4.72 Å². The molecule has 24 heavy (non-hydrogen) atoms. The van der Waals surface area contributed by atoms with Gasteiger partial charge in [0.1, 0.15) is 0 Å². The maximum atomic E-state index is 12.6. The number of halogens is 2. The van der Waals surface area contributed by atoms with E-state index in [4.69, 9.17) is 34.0 Å². The Morgan fingerprint density at radius 2 is 1.67 bits per heavy atom. The van der Waals surface area contributed by atoms with Crippen LogP contribution in [0.2, 0.25) is 10.0 Å². The summed E-state index contributed by atoms with van der Waals surface area (Å²) in [5.74, 6) is -1.21. The van der Waals surface area contributed by atoms with Crippen LogP contribution in [-0.4, -0.2) is 19.5 Å². The van der Waals surface area contributed by atoms with Crippen LogP contribution in [0.25, 0.3) is 0 Å². The molecule has 0 unspecified atom stereocenters. The van der Waals surface area contributed by atoms with Crippen molar-refractivity contribution in [2.24, 2.45) is 0 Å². The van der Waals surface area contributed by atoms with Crippen LogP contribution in [0.1, 0.15) is 21.5 Å². The van der Waals surface area contributed by atoms with E-state index in [1.54, 1.807) is 13.8 Å². The number of carbonyl (C=O) groups is 1. The van der Waals surface area contributed by atoms with E-state index in [0.29, 0.717) is 11.1 Å². The van der Waals surface area contributed by atoms with Crippen LogP contribution in [0.3, 0.4) is 0 Å². The molecule has 2 aromatic rings. The lowest BCUT2D eigenvalue weighted by molar-refractivity contribution is 0.0696. The first-order valence-electron chi connectivity index (χ1n) is 6.65. The van der Waals surface area contributed by atoms with Gasteiger partial charge in [-0.3, -0.25) is 4.72 Å². The highest BCUT2D eigenvalue weighted by atomic mass is 35.5. The first kappa shape index (κ1) is 18.4. The summed E-state index contributed by atoms with van der Waals surface area (Å²) in [6, 6.07) is 5.16. The molecule has 0 aliphatic heterocycles. The van der Waals surface area contributed by atoms with Crippen molar-refractivity contribution in [1.29, 1.82) is 0 Å². The molecule has 0 spiro atoms. The Labute approximate surface area is 149 Å². The Hall–Kier alpha value is -1.96. The van der Waals surface area contributed by atoms with Crippen molar-refractivity contribution in [3.63, 3.8) is 0 Å². The van der Waals surface area contributed by atoms with Crippen molar-refractivity contribution in [2.45, 2.75) is 18.7 Å². The van der Waals surface area contributed by atoms with Gasteiger partial charge < -0.3 is 10.8 Å². The van der Waals surface area contributed by atoms with E-state index < -0.39 is 16.0 Å². The van der Waals surface area contributed by atoms with Crippen molar-refractivity contribution in [2.75, 3.05) is 10.5 Å². The minimum atomic E-state index is -4.04. The number of nitrogens with one attached hydrogen (secondary N) is 1. The van der Waals surface area contributed by atoms with Gasteiger partial charge in [-0.25, -0.2) is 13.2 Å². The highest BCUT2D eigenvalue weighted by Crippen LogP contribution is 2.32. The van der Waals surface area contributed by atoms with E-state index in [-0.39, 0.29) is 31.9 Å². The molecule has 0 aliphatic carbocycles. The second-order valence-electron chi connectivity index (χ2n) is 5.18. The van der Waals surface area contributed by atoms with Gasteiger partial charge in [-0.1, -0.05) is 23.2 Å². The van der Waals surface area contributed by atoms with Crippen molar-refractivity contribution in [3.05, 3.63) is 51.0 Å². The Morgan fingerprint density at radius 1 is 1.12 bits per heavy atom. The minimum Gasteiger partial charge on any atom is -0.478 e. The summed E-state index contributed by atoms with van der Waals surface area (Å²) >= 11 is 11.8. The quantitative estimate of drug-likeness (QED) is 0.691. The number of benzene rings is 2. The molecule has 0 saturated carbocycles. The molecule has 0 saturated heterocycles. The lowest BCUT2D eigenvalue weighted by atomic mass is 10.1. The van der Waals surface area contributed by atoms with Crippen molar-refractivity contribution in [3.8, 4) is 0 Å². The maximum Gasteiger partial charge on any atom is 0.335 e. The van der Waals surface area contributed by atoms with Crippen LogP contribution >= 0.6 is 23.2 Å². The van der Waals surface area contributed by atoms with Crippen LogP contribution < -0.4 is 10.5 Å². The van der Waals surface area contributed by atoms with E-state index in [0.717, 1.165) is 6.07 Å². The average Bonchev–Trinajstić information content (AvgIpc) is 2.46. The third-order valence-corrected chi connectivity index (χ3v) is 5.62. The molecule has 0 bridgehead atoms. The van der Waals surface area contributed by atoms with Crippen LogP contribution in [0, 0.1) is 13.8 Å². The van der Waals surface area contributed by atoms with Gasteiger partial charge in [-0.05, 0) is 49.2 Å². The fraction of sp³-hybridized carbons (Fsp3) is 0.133. The molecule has 6 nitrogen and oxygen atoms in total. The third-order valence-electron chi connectivity index (χ3n) is 3.49. The van der Waals surface area contributed by atoms with Gasteiger partial charge in [-0.2, -0.15) is 0 Å². The van der Waals surface area contributed by atoms with Crippen molar-refractivity contribution in [1.82, 2.24) is 0 Å². The molecule has 0 atom stereocenters. The standard InChI is InChI=1S/C15H14Cl2N2O4S/c1-7-3-9(15(20)21)4-13(8(7)2)24(22,23)19-10-5-11(16)14(18)12(17)6-10/h3-6,19H,18H2,1-2H3,(H,20,21). The molecule has 0 aromatic heterocycles. The Kier molecular flexibility index (Phi) is 4.98. The average molecular weight is 389 g/mol. The molecule has 0 fully saturated rings. The Bertz CT molecular complexity index is 920. The monoisotopic (exact) mass is 388 g/mol. The molecule has 0 heterocycles. The fourth-order valence-corrected chi connectivity index (χ4v) is 3.95. The topological polar surface area (TPSA) is 109 Å². The van der Waals surface area contributed by atoms with E-state index in [1.807, 2.05) is 0 Å². The largest absolute Gasteiger partial charge is 0.478 e. The van der Waals surface area contributed by atoms with E-state index >= 15 is 0 Å². The zero-order valence-corrected chi connectivity index (χ0v) is 15.1. The van der Waals surface area contributed by atoms with Gasteiger partial charge in [0.05, 0.1) is 31.9 Å². The number of sulfonamides is 1. The van der Waals surface area contributed by atoms with Crippen LogP contribution in [0.4, 0.5) is 11.4 Å². The Balaban J connectivity index is 2.54. The molecule has 4 N–H and O–H groups in total. The lowest BCUT2D eigenvalue weighted by Gasteiger charge is -2.14. The summed E-state index contributed by atoms with van der Waals surface area (Å²) in [6.07, 6.45) is 0. The second kappa shape index (κ2) is 6.51. The van der Waals surface area contributed by atoms with Crippen LogP contribution in [0.5, 0.6) is 0 Å². The van der Waals surface area contributed by atoms with Gasteiger partial charge in [0.25, 0.3) is 10.0 Å². The van der Waals surface area contributed by atoms with E-state index in [1.165, 1.54) is 18.2 Å². The summed E-state index contributed by atoms with van der Waals surface area (Å²) in [7, 11) is -4.04. The molecule has 0 aliphatic rings. The third kappa shape index (κ3) is 3.58. The summed E-state index contributed by atoms with van der Waals surface area (Å²) in [4.78, 5) is 11.0. The number of nitrogens with two attached hydrogens (primary N) is 1. The fourth-order valence-electron chi connectivity index (χ4n) is 2.08. The smallest absolute Gasteiger partial charge is 0.335 e. The van der Waals surface area contributed by atoms with Gasteiger partial charge in [0, 0.05) is 0 Å². The highest BCUT2D eigenvalue weighted by molar-refractivity contribution is 7.92. The minimum absolute atomic E-state index is 0.104. The molecule has 2 aromatic carbocycles. The number of nitrogen functional groups attached to an aromatic ring is 1. The number of aryl methyl sites for hydroxylation is 1. The summed E-state index contributed by atoms with van der Waals surface area (Å²) in [5, 5.41) is 9.33. The number of anilines is 2. The van der Waals surface area contributed by atoms with Gasteiger partial charge in [0.2, 0.25) is 0 Å². The highest BCUT2D eigenvalue weighted by Gasteiger charge is 2.21. The van der Waals surface area contributed by atoms with Crippen LogP contribution in [0.15, 0.2) is 29.2 Å². The number of carboxylic acids is 1. The molecule has 0 amide bonds. The number of rotatable bonds is 4. The number of aromatic carboxylic acids is 1. The molecule has 128 valence electrons. The molecule has 0 radical (unpaired) electrons. The summed E-state index contributed by atoms with van der Waals surface area (Å²) < 4.78 is 27.6. The molecule has 2 rings (SSSR count). The SMILES string of the molecule is Cc1cc(C(=O)O)cc(S(=O)(=O)Nc2cc(Cl)c(N)c(Cl)c2)c1C. The predicted molar refractivity (Wildman–Crippen MR) is 94.6 cm³/mol. The number of hydrogen-bond donors (Lipinski definition) is 3. The van der Waals surface area contributed by atoms with Gasteiger partial charge in [-0.15, -0.1) is 0 Å². The normalized spacial score (nSPS) is 11.3. The zero-order valence-electron chi connectivity index (χ0n) is 12.7. The molecular weight excluding hydrogens is 375 g/mol. The lowest BCUT2D eigenvalue weighted by Crippen LogP contribution is -2.16. The number of carboxylic acid groups (broad SMARTS) is 1. The Morgan fingerprint density at radius 3 is 2.17 bits per heavy atom. The first-order valence-corrected chi connectivity index (χ1v) is 8.88. The second-order valence-corrected chi connectivity index (χ2v) is 7.65. The number of hydrogen-bond acceptors (Lipinski definition) is 4.